The molecule has 1 saturated carbocycles. The van der Waals surface area contributed by atoms with Crippen LogP contribution in [0.25, 0.3) is 28.0 Å². The van der Waals surface area contributed by atoms with Crippen LogP contribution in [-0.4, -0.2) is 56.0 Å². The Morgan fingerprint density at radius 3 is 2.56 bits per heavy atom. The fourth-order valence-corrected chi connectivity index (χ4v) is 6.19. The first-order valence-electron chi connectivity index (χ1n) is 15.0. The highest BCUT2D eigenvalue weighted by molar-refractivity contribution is 5.92. The molecule has 0 N–H and O–H groups in total. The summed E-state index contributed by atoms with van der Waals surface area (Å²) < 4.78 is 17.0. The lowest BCUT2D eigenvalue weighted by Crippen LogP contribution is -2.54. The molecule has 0 bridgehead atoms. The van der Waals surface area contributed by atoms with Crippen LogP contribution in [0.15, 0.2) is 54.0 Å². The number of carbonyl (C=O) groups excluding carboxylic acids is 1. The van der Waals surface area contributed by atoms with Crippen LogP contribution in [0.1, 0.15) is 67.8 Å². The Morgan fingerprint density at radius 2 is 1.88 bits per heavy atom. The second-order valence-corrected chi connectivity index (χ2v) is 12.2. The summed E-state index contributed by atoms with van der Waals surface area (Å²) in [4.78, 5) is 44.9. The van der Waals surface area contributed by atoms with Crippen LogP contribution in [-0.2, 0) is 4.79 Å². The van der Waals surface area contributed by atoms with Crippen LogP contribution in [0.4, 0.5) is 10.2 Å². The van der Waals surface area contributed by atoms with Gasteiger partial charge in [-0.2, -0.15) is 4.98 Å². The van der Waals surface area contributed by atoms with Gasteiger partial charge in [0, 0.05) is 37.4 Å². The van der Waals surface area contributed by atoms with E-state index in [4.69, 9.17) is 9.97 Å². The van der Waals surface area contributed by atoms with Crippen molar-refractivity contribution in [1.29, 1.82) is 0 Å². The van der Waals surface area contributed by atoms with Crippen LogP contribution in [0.3, 0.4) is 0 Å². The Labute approximate surface area is 250 Å². The molecule has 43 heavy (non-hydrogen) atoms. The smallest absolute Gasteiger partial charge is 0.350 e. The number of halogens is 1. The van der Waals surface area contributed by atoms with Gasteiger partial charge in [0.15, 0.2) is 5.65 Å². The largest absolute Gasteiger partial charge is 0.355 e. The Morgan fingerprint density at radius 1 is 1.12 bits per heavy atom. The lowest BCUT2D eigenvalue weighted by atomic mass is 9.98. The molecule has 1 atom stereocenters. The second-order valence-electron chi connectivity index (χ2n) is 12.2. The first-order valence-corrected chi connectivity index (χ1v) is 15.0. The van der Waals surface area contributed by atoms with Gasteiger partial charge < -0.3 is 9.80 Å². The third-order valence-electron chi connectivity index (χ3n) is 8.58. The Bertz CT molecular complexity index is 1830. The van der Waals surface area contributed by atoms with Gasteiger partial charge in [0.25, 0.3) is 0 Å². The number of aromatic nitrogens is 4. The number of carbonyl (C=O) groups is 1. The average molecular weight is 581 g/mol. The Hall–Kier alpha value is -4.40. The molecule has 2 fully saturated rings. The zero-order valence-electron chi connectivity index (χ0n) is 25.4. The molecule has 0 radical (unpaired) electrons. The molecule has 6 rings (SSSR count). The maximum absolute atomic E-state index is 15.4. The van der Waals surface area contributed by atoms with Crippen LogP contribution < -0.4 is 10.6 Å². The average Bonchev–Trinajstić information content (AvgIpc) is 3.83. The van der Waals surface area contributed by atoms with Crippen LogP contribution in [0.5, 0.6) is 0 Å². The maximum Gasteiger partial charge on any atom is 0.355 e. The van der Waals surface area contributed by atoms with Gasteiger partial charge in [-0.1, -0.05) is 32.1 Å². The number of pyridine rings is 2. The summed E-state index contributed by atoms with van der Waals surface area (Å²) in [5.41, 5.74) is 5.12. The van der Waals surface area contributed by atoms with Crippen molar-refractivity contribution in [3.8, 4) is 16.9 Å². The molecule has 1 aromatic carbocycles. The van der Waals surface area contributed by atoms with E-state index in [1.54, 1.807) is 21.7 Å². The number of fused-ring (bicyclic) bond motifs is 1. The predicted molar refractivity (Wildman–Crippen MR) is 167 cm³/mol. The van der Waals surface area contributed by atoms with Crippen molar-refractivity contribution in [1.82, 2.24) is 24.4 Å². The van der Waals surface area contributed by atoms with Gasteiger partial charge in [0.05, 0.1) is 22.5 Å². The molecule has 222 valence electrons. The van der Waals surface area contributed by atoms with Gasteiger partial charge in [-0.3, -0.25) is 9.78 Å². The SMILES string of the molecule is C=CC(=O)N1CCN(c2nc(=O)n(-c3c(C)ccnc3C(C)C)c3nc(-c4cc(C)ccc4F)c(C4CC4)cc23)C(C)C1. The summed E-state index contributed by atoms with van der Waals surface area (Å²) in [6.07, 6.45) is 5.07. The molecule has 8 nitrogen and oxygen atoms in total. The third-order valence-corrected chi connectivity index (χ3v) is 8.58. The normalized spacial score (nSPS) is 17.1. The lowest BCUT2D eigenvalue weighted by molar-refractivity contribution is -0.126. The van der Waals surface area contributed by atoms with Crippen molar-refractivity contribution >= 4 is 22.8 Å². The second kappa shape index (κ2) is 11.0. The summed E-state index contributed by atoms with van der Waals surface area (Å²) in [7, 11) is 0. The molecular formula is C34H37FN6O2. The van der Waals surface area contributed by atoms with E-state index >= 15 is 4.39 Å². The molecule has 9 heteroatoms. The van der Waals surface area contributed by atoms with E-state index in [9.17, 15) is 9.59 Å². The number of hydrogen-bond donors (Lipinski definition) is 0. The van der Waals surface area contributed by atoms with E-state index in [1.165, 1.54) is 12.1 Å². The molecule has 3 aromatic heterocycles. The topological polar surface area (TPSA) is 84.2 Å². The van der Waals surface area contributed by atoms with E-state index in [1.807, 2.05) is 46.8 Å². The fourth-order valence-electron chi connectivity index (χ4n) is 6.19. The molecule has 0 spiro atoms. The number of aryl methyl sites for hydroxylation is 2. The van der Waals surface area contributed by atoms with E-state index < -0.39 is 5.69 Å². The number of anilines is 1. The Kier molecular flexibility index (Phi) is 7.36. The lowest BCUT2D eigenvalue weighted by Gasteiger charge is -2.40. The van der Waals surface area contributed by atoms with Crippen molar-refractivity contribution in [2.24, 2.45) is 0 Å². The quantitative estimate of drug-likeness (QED) is 0.267. The van der Waals surface area contributed by atoms with Gasteiger partial charge in [0.1, 0.15) is 11.6 Å². The highest BCUT2D eigenvalue weighted by Gasteiger charge is 2.33. The summed E-state index contributed by atoms with van der Waals surface area (Å²) in [6.45, 7) is 15.1. The minimum atomic E-state index is -0.473. The summed E-state index contributed by atoms with van der Waals surface area (Å²) in [6, 6.07) is 8.91. The van der Waals surface area contributed by atoms with Crippen LogP contribution in [0, 0.1) is 19.7 Å². The molecule has 1 aliphatic carbocycles. The molecule has 1 saturated heterocycles. The van der Waals surface area contributed by atoms with Crippen LogP contribution in [0.2, 0.25) is 0 Å². The maximum atomic E-state index is 15.4. The number of nitrogens with zero attached hydrogens (tertiary/aromatic N) is 6. The molecule has 1 aliphatic heterocycles. The van der Waals surface area contributed by atoms with Crippen molar-refractivity contribution < 1.29 is 9.18 Å². The van der Waals surface area contributed by atoms with Crippen molar-refractivity contribution in [2.45, 2.75) is 65.3 Å². The molecule has 1 unspecified atom stereocenters. The first-order chi connectivity index (χ1) is 20.6. The molecule has 1 amide bonds. The van der Waals surface area contributed by atoms with Crippen molar-refractivity contribution in [3.63, 3.8) is 0 Å². The monoisotopic (exact) mass is 580 g/mol. The minimum Gasteiger partial charge on any atom is -0.350 e. The number of rotatable bonds is 6. The number of benzene rings is 1. The molecule has 4 aromatic rings. The van der Waals surface area contributed by atoms with Gasteiger partial charge in [-0.15, -0.1) is 0 Å². The third kappa shape index (κ3) is 5.11. The van der Waals surface area contributed by atoms with E-state index in [-0.39, 0.29) is 29.6 Å². The zero-order valence-corrected chi connectivity index (χ0v) is 25.4. The molecular weight excluding hydrogens is 543 g/mol. The minimum absolute atomic E-state index is 0.0337. The zero-order chi connectivity index (χ0) is 30.6. The van der Waals surface area contributed by atoms with Gasteiger partial charge in [0.2, 0.25) is 5.91 Å². The van der Waals surface area contributed by atoms with Gasteiger partial charge in [-0.25, -0.2) is 18.7 Å². The standard InChI is InChI=1S/C34H37FN6O2/c1-7-28(42)39-14-15-40(22(6)18-39)32-26-17-24(23-9-10-23)30(25-16-20(4)8-11-27(25)35)37-33(26)41(34(43)38-32)31-21(5)12-13-36-29(31)19(2)3/h7-8,11-13,16-17,19,22-23H,1,9-10,14-15,18H2,2-6H3. The summed E-state index contributed by atoms with van der Waals surface area (Å²) in [5.74, 6) is 0.361. The number of amides is 1. The number of piperazine rings is 1. The first kappa shape index (κ1) is 28.7. The van der Waals surface area contributed by atoms with Gasteiger partial charge in [-0.05, 0) is 86.9 Å². The Balaban J connectivity index is 1.67. The summed E-state index contributed by atoms with van der Waals surface area (Å²) in [5, 5.41) is 0.728. The van der Waals surface area contributed by atoms with Crippen molar-refractivity contribution in [2.75, 3.05) is 24.5 Å². The number of hydrogen-bond acceptors (Lipinski definition) is 6. The highest BCUT2D eigenvalue weighted by atomic mass is 19.1. The van der Waals surface area contributed by atoms with E-state index in [0.717, 1.165) is 40.6 Å². The van der Waals surface area contributed by atoms with E-state index in [2.05, 4.69) is 22.5 Å². The van der Waals surface area contributed by atoms with Gasteiger partial charge >= 0.3 is 5.69 Å². The predicted octanol–water partition coefficient (Wildman–Crippen LogP) is 5.82. The van der Waals surface area contributed by atoms with Crippen LogP contribution >= 0.6 is 0 Å². The molecule has 2 aliphatic rings. The summed E-state index contributed by atoms with van der Waals surface area (Å²) >= 11 is 0. The fraction of sp³-hybridized carbons (Fsp3) is 0.382. The van der Waals surface area contributed by atoms with Crippen molar-refractivity contribution in [3.05, 3.63) is 87.9 Å². The van der Waals surface area contributed by atoms with E-state index in [0.29, 0.717) is 48.0 Å². The molecule has 4 heterocycles. The highest BCUT2D eigenvalue weighted by Crippen LogP contribution is 2.46.